The number of rotatable bonds is 7. The molecule has 0 bridgehead atoms. The smallest absolute Gasteiger partial charge is 0.248 e. The van der Waals surface area contributed by atoms with Crippen molar-refractivity contribution in [3.8, 4) is 44.5 Å². The first-order valence-corrected chi connectivity index (χ1v) is 15.3. The van der Waals surface area contributed by atoms with Gasteiger partial charge in [0.2, 0.25) is 5.91 Å². The second-order valence-electron chi connectivity index (χ2n) is 11.3. The highest BCUT2D eigenvalue weighted by molar-refractivity contribution is 6.06. The molecule has 1 amide bonds. The quantitative estimate of drug-likeness (QED) is 0.207. The minimum absolute atomic E-state index is 0.0657. The van der Waals surface area contributed by atoms with E-state index in [0.717, 1.165) is 75.3 Å². The van der Waals surface area contributed by atoms with Crippen LogP contribution in [0.25, 0.3) is 44.5 Å². The van der Waals surface area contributed by atoms with E-state index in [9.17, 15) is 4.79 Å². The van der Waals surface area contributed by atoms with Crippen LogP contribution in [-0.4, -0.2) is 18.5 Å². The number of benzene rings is 6. The van der Waals surface area contributed by atoms with Gasteiger partial charge in [-0.2, -0.15) is 0 Å². The third-order valence-electron chi connectivity index (χ3n) is 8.36. The Morgan fingerprint density at radius 3 is 1.11 bits per heavy atom. The Kier molecular flexibility index (Phi) is 7.86. The van der Waals surface area contributed by atoms with E-state index in [-0.39, 0.29) is 11.9 Å². The molecular formula is C41H34N2O. The van der Waals surface area contributed by atoms with Crippen molar-refractivity contribution in [2.75, 3.05) is 11.4 Å². The van der Waals surface area contributed by atoms with Crippen molar-refractivity contribution >= 4 is 17.3 Å². The highest BCUT2D eigenvalue weighted by atomic mass is 16.2. The topological polar surface area (TPSA) is 32.3 Å². The lowest BCUT2D eigenvalue weighted by molar-refractivity contribution is -0.119. The Morgan fingerprint density at radius 2 is 0.818 bits per heavy atom. The summed E-state index contributed by atoms with van der Waals surface area (Å²) < 4.78 is 0. The molecule has 44 heavy (non-hydrogen) atoms. The van der Waals surface area contributed by atoms with Crippen molar-refractivity contribution in [1.82, 2.24) is 5.32 Å². The summed E-state index contributed by atoms with van der Waals surface area (Å²) in [5.74, 6) is 0.0657. The van der Waals surface area contributed by atoms with Gasteiger partial charge in [-0.25, -0.2) is 0 Å². The molecule has 0 saturated carbocycles. The summed E-state index contributed by atoms with van der Waals surface area (Å²) in [5, 5.41) is 3.47. The molecule has 1 saturated heterocycles. The second-order valence-corrected chi connectivity index (χ2v) is 11.3. The zero-order valence-corrected chi connectivity index (χ0v) is 24.6. The van der Waals surface area contributed by atoms with Crippen LogP contribution >= 0.6 is 0 Å². The van der Waals surface area contributed by atoms with Gasteiger partial charge in [0.1, 0.15) is 0 Å². The van der Waals surface area contributed by atoms with Crippen LogP contribution < -0.4 is 10.2 Å². The standard InChI is InChI=1S/C41H34N2O/c44-41(40-22-13-23-42-40)43(38-26-34(30-14-5-1-6-15-30)24-35(27-38)31-16-7-2-8-17-31)39-28-36(32-18-9-3-10-19-32)25-37(29-39)33-20-11-4-12-21-33/h1-12,14-21,24-29,40,42H,13,22-23H2/t40-/m1/s1. The molecular weight excluding hydrogens is 536 g/mol. The molecule has 1 aliphatic rings. The van der Waals surface area contributed by atoms with E-state index in [2.05, 4.69) is 139 Å². The van der Waals surface area contributed by atoms with E-state index in [1.165, 1.54) is 0 Å². The van der Waals surface area contributed by atoms with Gasteiger partial charge in [0.05, 0.1) is 17.4 Å². The van der Waals surface area contributed by atoms with Crippen LogP contribution in [0, 0.1) is 0 Å². The first-order chi connectivity index (χ1) is 21.7. The predicted molar refractivity (Wildman–Crippen MR) is 183 cm³/mol. The van der Waals surface area contributed by atoms with Crippen molar-refractivity contribution in [2.45, 2.75) is 18.9 Å². The van der Waals surface area contributed by atoms with E-state index in [1.807, 2.05) is 29.2 Å². The number of hydrogen-bond donors (Lipinski definition) is 1. The summed E-state index contributed by atoms with van der Waals surface area (Å²) in [5.41, 5.74) is 10.4. The zero-order valence-electron chi connectivity index (χ0n) is 24.6. The second kappa shape index (κ2) is 12.5. The summed E-state index contributed by atoms with van der Waals surface area (Å²) in [6.07, 6.45) is 1.81. The van der Waals surface area contributed by atoms with Gasteiger partial charge in [0.25, 0.3) is 0 Å². The van der Waals surface area contributed by atoms with Crippen molar-refractivity contribution < 1.29 is 4.79 Å². The fraction of sp³-hybridized carbons (Fsp3) is 0.0976. The lowest BCUT2D eigenvalue weighted by atomic mass is 9.95. The van der Waals surface area contributed by atoms with Crippen LogP contribution in [0.4, 0.5) is 11.4 Å². The van der Waals surface area contributed by atoms with E-state index >= 15 is 0 Å². The first kappa shape index (κ1) is 27.6. The van der Waals surface area contributed by atoms with E-state index in [1.54, 1.807) is 0 Å². The summed E-state index contributed by atoms with van der Waals surface area (Å²) >= 11 is 0. The summed E-state index contributed by atoms with van der Waals surface area (Å²) in [7, 11) is 0. The Hall–Kier alpha value is -5.25. The number of nitrogens with zero attached hydrogens (tertiary/aromatic N) is 1. The van der Waals surface area contributed by atoms with Crippen LogP contribution in [0.1, 0.15) is 12.8 Å². The first-order valence-electron chi connectivity index (χ1n) is 15.3. The lowest BCUT2D eigenvalue weighted by Gasteiger charge is -2.28. The van der Waals surface area contributed by atoms with Crippen LogP contribution in [0.5, 0.6) is 0 Å². The number of amides is 1. The molecule has 0 spiro atoms. The Bertz CT molecular complexity index is 1620. The summed E-state index contributed by atoms with van der Waals surface area (Å²) in [6.45, 7) is 0.850. The molecule has 7 rings (SSSR count). The summed E-state index contributed by atoms with van der Waals surface area (Å²) in [4.78, 5) is 16.5. The molecule has 3 nitrogen and oxygen atoms in total. The predicted octanol–water partition coefficient (Wildman–Crippen LogP) is 9.77. The molecule has 1 aliphatic heterocycles. The third-order valence-corrected chi connectivity index (χ3v) is 8.36. The number of anilines is 2. The van der Waals surface area contributed by atoms with Crippen molar-refractivity contribution in [3.63, 3.8) is 0 Å². The van der Waals surface area contributed by atoms with Crippen molar-refractivity contribution in [1.29, 1.82) is 0 Å². The van der Waals surface area contributed by atoms with E-state index in [0.29, 0.717) is 0 Å². The van der Waals surface area contributed by atoms with Gasteiger partial charge in [-0.15, -0.1) is 0 Å². The molecule has 1 N–H and O–H groups in total. The van der Waals surface area contributed by atoms with Crippen LogP contribution in [0.3, 0.4) is 0 Å². The lowest BCUT2D eigenvalue weighted by Crippen LogP contribution is -2.41. The Balaban J connectivity index is 1.47. The summed E-state index contributed by atoms with van der Waals surface area (Å²) in [6, 6.07) is 54.5. The Morgan fingerprint density at radius 1 is 0.477 bits per heavy atom. The van der Waals surface area contributed by atoms with E-state index < -0.39 is 0 Å². The molecule has 1 heterocycles. The fourth-order valence-corrected chi connectivity index (χ4v) is 6.12. The molecule has 0 aliphatic carbocycles. The molecule has 1 atom stereocenters. The molecule has 0 aromatic heterocycles. The molecule has 6 aromatic rings. The monoisotopic (exact) mass is 570 g/mol. The minimum Gasteiger partial charge on any atom is -0.306 e. The van der Waals surface area contributed by atoms with Crippen molar-refractivity contribution in [3.05, 3.63) is 158 Å². The average molecular weight is 571 g/mol. The molecule has 0 radical (unpaired) electrons. The highest BCUT2D eigenvalue weighted by Crippen LogP contribution is 2.39. The maximum atomic E-state index is 14.6. The van der Waals surface area contributed by atoms with Gasteiger partial charge < -0.3 is 5.32 Å². The average Bonchev–Trinajstić information content (AvgIpc) is 3.65. The van der Waals surface area contributed by atoms with Gasteiger partial charge in [-0.05, 0) is 100 Å². The largest absolute Gasteiger partial charge is 0.306 e. The van der Waals surface area contributed by atoms with Gasteiger partial charge in [-0.1, -0.05) is 121 Å². The molecule has 1 fully saturated rings. The van der Waals surface area contributed by atoms with Gasteiger partial charge >= 0.3 is 0 Å². The van der Waals surface area contributed by atoms with Crippen molar-refractivity contribution in [2.24, 2.45) is 0 Å². The third kappa shape index (κ3) is 5.83. The van der Waals surface area contributed by atoms with Gasteiger partial charge in [0, 0.05) is 0 Å². The van der Waals surface area contributed by atoms with Crippen LogP contribution in [0.2, 0.25) is 0 Å². The number of carbonyl (C=O) groups excluding carboxylic acids is 1. The van der Waals surface area contributed by atoms with Crippen LogP contribution in [0.15, 0.2) is 158 Å². The SMILES string of the molecule is O=C([C@H]1CCCN1)N(c1cc(-c2ccccc2)cc(-c2ccccc2)c1)c1cc(-c2ccccc2)cc(-c2ccccc2)c1. The van der Waals surface area contributed by atoms with Gasteiger partial charge in [-0.3, -0.25) is 9.69 Å². The molecule has 3 heteroatoms. The number of nitrogens with one attached hydrogen (secondary N) is 1. The molecule has 214 valence electrons. The molecule has 6 aromatic carbocycles. The maximum Gasteiger partial charge on any atom is 0.248 e. The van der Waals surface area contributed by atoms with Gasteiger partial charge in [0.15, 0.2) is 0 Å². The number of carbonyl (C=O) groups is 1. The van der Waals surface area contributed by atoms with E-state index in [4.69, 9.17) is 0 Å². The number of hydrogen-bond acceptors (Lipinski definition) is 2. The van der Waals surface area contributed by atoms with Crippen LogP contribution in [-0.2, 0) is 4.79 Å². The molecule has 0 unspecified atom stereocenters. The fourth-order valence-electron chi connectivity index (χ4n) is 6.12. The zero-order chi connectivity index (χ0) is 29.7. The highest BCUT2D eigenvalue weighted by Gasteiger charge is 2.30. The maximum absolute atomic E-state index is 14.6. The normalized spacial score (nSPS) is 14.3. The minimum atomic E-state index is -0.240. The Labute approximate surface area is 259 Å².